The van der Waals surface area contributed by atoms with Gasteiger partial charge in [-0.3, -0.25) is 9.69 Å². The van der Waals surface area contributed by atoms with Gasteiger partial charge < -0.3 is 14.7 Å². The lowest BCUT2D eigenvalue weighted by Crippen LogP contribution is -2.49. The molecule has 0 saturated carbocycles. The number of pyridine rings is 1. The molecule has 0 radical (unpaired) electrons. The number of benzene rings is 1. The van der Waals surface area contributed by atoms with E-state index >= 15 is 0 Å². The van der Waals surface area contributed by atoms with Crippen molar-refractivity contribution in [2.24, 2.45) is 5.92 Å². The van der Waals surface area contributed by atoms with Gasteiger partial charge in [0.05, 0.1) is 12.6 Å². The number of carbonyl (C=O) groups is 1. The molecule has 8 nitrogen and oxygen atoms in total. The first-order valence-corrected chi connectivity index (χ1v) is 11.5. The number of fused-ring (bicyclic) bond motifs is 1. The third-order valence-corrected chi connectivity index (χ3v) is 6.20. The van der Waals surface area contributed by atoms with Crippen LogP contribution in [-0.2, 0) is 6.54 Å². The molecule has 3 atom stereocenters. The number of rotatable bonds is 7. The molecule has 8 heteroatoms. The minimum Gasteiger partial charge on any atom is -0.472 e. The predicted molar refractivity (Wildman–Crippen MR) is 129 cm³/mol. The van der Waals surface area contributed by atoms with E-state index in [0.29, 0.717) is 24.5 Å². The molecule has 3 heterocycles. The summed E-state index contributed by atoms with van der Waals surface area (Å²) in [5.41, 5.74) is 3.10. The molecule has 0 bridgehead atoms. The highest BCUT2D eigenvalue weighted by molar-refractivity contribution is 5.98. The first-order valence-electron chi connectivity index (χ1n) is 11.5. The molecule has 1 amide bonds. The molecule has 1 aliphatic heterocycles. The minimum absolute atomic E-state index is 0.0355. The highest BCUT2D eigenvalue weighted by Crippen LogP contribution is 2.30. The van der Waals surface area contributed by atoms with Crippen LogP contribution in [0.1, 0.15) is 29.8 Å². The van der Waals surface area contributed by atoms with Crippen LogP contribution in [0.2, 0.25) is 0 Å². The summed E-state index contributed by atoms with van der Waals surface area (Å²) >= 11 is 0. The number of ether oxygens (including phenoxy) is 1. The van der Waals surface area contributed by atoms with Gasteiger partial charge in [-0.2, -0.15) is 0 Å². The molecule has 1 N–H and O–H groups in total. The van der Waals surface area contributed by atoms with Crippen molar-refractivity contribution in [2.45, 2.75) is 32.5 Å². The molecular formula is C26H31N5O3. The molecule has 34 heavy (non-hydrogen) atoms. The molecule has 0 saturated heterocycles. The Kier molecular flexibility index (Phi) is 7.49. The zero-order valence-corrected chi connectivity index (χ0v) is 19.8. The highest BCUT2D eigenvalue weighted by Gasteiger charge is 2.34. The Morgan fingerprint density at radius 2 is 1.91 bits per heavy atom. The lowest BCUT2D eigenvalue weighted by molar-refractivity contribution is 0.0325. The van der Waals surface area contributed by atoms with E-state index in [9.17, 15) is 9.90 Å². The second-order valence-electron chi connectivity index (χ2n) is 9.01. The molecule has 3 aromatic rings. The van der Waals surface area contributed by atoms with Crippen LogP contribution in [0.15, 0.2) is 61.3 Å². The van der Waals surface area contributed by atoms with Crippen molar-refractivity contribution in [3.8, 4) is 17.0 Å². The number of carbonyl (C=O) groups excluding carboxylic acids is 1. The summed E-state index contributed by atoms with van der Waals surface area (Å²) in [6.45, 7) is 5.74. The first-order chi connectivity index (χ1) is 16.5. The molecule has 2 aromatic heterocycles. The molecule has 0 unspecified atom stereocenters. The number of hydrogen-bond donors (Lipinski definition) is 1. The van der Waals surface area contributed by atoms with Crippen LogP contribution in [0.4, 0.5) is 0 Å². The van der Waals surface area contributed by atoms with Crippen molar-refractivity contribution in [3.05, 3.63) is 72.4 Å². The molecule has 178 valence electrons. The van der Waals surface area contributed by atoms with Crippen molar-refractivity contribution in [1.82, 2.24) is 24.8 Å². The number of aromatic nitrogens is 3. The van der Waals surface area contributed by atoms with Gasteiger partial charge in [0.2, 0.25) is 5.88 Å². The molecular weight excluding hydrogens is 430 g/mol. The van der Waals surface area contributed by atoms with Gasteiger partial charge in [0.25, 0.3) is 5.91 Å². The van der Waals surface area contributed by atoms with Crippen LogP contribution in [0.3, 0.4) is 0 Å². The van der Waals surface area contributed by atoms with E-state index in [4.69, 9.17) is 4.74 Å². The number of nitrogens with zero attached hydrogens (tertiary/aromatic N) is 5. The van der Waals surface area contributed by atoms with Crippen LogP contribution in [0.25, 0.3) is 11.1 Å². The van der Waals surface area contributed by atoms with Gasteiger partial charge >= 0.3 is 0 Å². The van der Waals surface area contributed by atoms with Crippen molar-refractivity contribution in [3.63, 3.8) is 0 Å². The Bertz CT molecular complexity index is 1100. The highest BCUT2D eigenvalue weighted by atomic mass is 16.5. The molecule has 0 fully saturated rings. The number of amides is 1. The number of aliphatic hydroxyl groups is 1. The lowest BCUT2D eigenvalue weighted by atomic mass is 9.99. The van der Waals surface area contributed by atoms with Crippen LogP contribution in [0, 0.1) is 5.92 Å². The van der Waals surface area contributed by atoms with Gasteiger partial charge in [-0.1, -0.05) is 37.3 Å². The van der Waals surface area contributed by atoms with E-state index in [0.717, 1.165) is 17.7 Å². The summed E-state index contributed by atoms with van der Waals surface area (Å²) in [5, 5.41) is 9.84. The zero-order chi connectivity index (χ0) is 24.1. The number of aliphatic hydroxyl groups excluding tert-OH is 1. The maximum atomic E-state index is 13.5. The minimum atomic E-state index is -0.327. The van der Waals surface area contributed by atoms with Crippen molar-refractivity contribution in [2.75, 3.05) is 26.7 Å². The average Bonchev–Trinajstić information content (AvgIpc) is 2.86. The monoisotopic (exact) mass is 461 g/mol. The SMILES string of the molecule is C[C@@H]1CN([C@@H](C)CO)C(=O)c2cc(-c3cncnc3)cnc2O[C@@H]1CN(C)Cc1ccccc1. The molecule has 1 aromatic carbocycles. The normalized spacial score (nSPS) is 19.2. The Morgan fingerprint density at radius 3 is 2.62 bits per heavy atom. The van der Waals surface area contributed by atoms with E-state index in [-0.39, 0.29) is 30.6 Å². The fraction of sp³-hybridized carbons (Fsp3) is 0.385. The van der Waals surface area contributed by atoms with Gasteiger partial charge in [-0.25, -0.2) is 15.0 Å². The second kappa shape index (κ2) is 10.7. The predicted octanol–water partition coefficient (Wildman–Crippen LogP) is 2.89. The summed E-state index contributed by atoms with van der Waals surface area (Å²) < 4.78 is 6.39. The van der Waals surface area contributed by atoms with E-state index in [1.165, 1.54) is 11.9 Å². The van der Waals surface area contributed by atoms with Crippen LogP contribution in [-0.4, -0.2) is 74.7 Å². The van der Waals surface area contributed by atoms with Crippen molar-refractivity contribution in [1.29, 1.82) is 0 Å². The smallest absolute Gasteiger partial charge is 0.259 e. The Morgan fingerprint density at radius 1 is 1.18 bits per heavy atom. The summed E-state index contributed by atoms with van der Waals surface area (Å²) in [6.07, 6.45) is 6.32. The summed E-state index contributed by atoms with van der Waals surface area (Å²) in [4.78, 5) is 30.2. The fourth-order valence-corrected chi connectivity index (χ4v) is 4.19. The summed E-state index contributed by atoms with van der Waals surface area (Å²) in [5.74, 6) is 0.143. The maximum Gasteiger partial charge on any atom is 0.259 e. The van der Waals surface area contributed by atoms with Gasteiger partial charge in [0, 0.05) is 55.3 Å². The maximum absolute atomic E-state index is 13.5. The lowest BCUT2D eigenvalue weighted by Gasteiger charge is -2.37. The molecule has 0 aliphatic carbocycles. The number of likely N-dealkylation sites (N-methyl/N-ethyl adjacent to an activating group) is 1. The largest absolute Gasteiger partial charge is 0.472 e. The molecule has 0 spiro atoms. The second-order valence-corrected chi connectivity index (χ2v) is 9.01. The fourth-order valence-electron chi connectivity index (χ4n) is 4.19. The van der Waals surface area contributed by atoms with E-state index < -0.39 is 0 Å². The zero-order valence-electron chi connectivity index (χ0n) is 19.8. The van der Waals surface area contributed by atoms with Gasteiger partial charge in [0.1, 0.15) is 18.0 Å². The van der Waals surface area contributed by atoms with Crippen molar-refractivity contribution < 1.29 is 14.6 Å². The topological polar surface area (TPSA) is 91.7 Å². The van der Waals surface area contributed by atoms with E-state index in [2.05, 4.69) is 46.0 Å². The van der Waals surface area contributed by atoms with Gasteiger partial charge in [0.15, 0.2) is 0 Å². The van der Waals surface area contributed by atoms with Crippen LogP contribution in [0.5, 0.6) is 5.88 Å². The first kappa shape index (κ1) is 23.8. The summed E-state index contributed by atoms with van der Waals surface area (Å²) in [7, 11) is 2.06. The quantitative estimate of drug-likeness (QED) is 0.578. The van der Waals surface area contributed by atoms with Crippen LogP contribution >= 0.6 is 0 Å². The summed E-state index contributed by atoms with van der Waals surface area (Å²) in [6, 6.07) is 11.7. The third-order valence-electron chi connectivity index (χ3n) is 6.20. The van der Waals surface area contributed by atoms with E-state index in [1.54, 1.807) is 29.6 Å². The van der Waals surface area contributed by atoms with Crippen LogP contribution < -0.4 is 4.74 Å². The Hall–Kier alpha value is -3.36. The Labute approximate surface area is 200 Å². The molecule has 1 aliphatic rings. The Balaban J connectivity index is 1.65. The van der Waals surface area contributed by atoms with Gasteiger partial charge in [-0.05, 0) is 25.6 Å². The molecule has 4 rings (SSSR count). The average molecular weight is 462 g/mol. The van der Waals surface area contributed by atoms with Gasteiger partial charge in [-0.15, -0.1) is 0 Å². The number of hydrogen-bond acceptors (Lipinski definition) is 7. The van der Waals surface area contributed by atoms with Crippen molar-refractivity contribution >= 4 is 5.91 Å². The standard InChI is InChI=1S/C26H31N5O3/c1-18-13-31(19(2)16-32)26(33)23-9-21(22-10-27-17-28-11-22)12-29-25(23)34-24(18)15-30(3)14-20-7-5-4-6-8-20/h4-12,17-19,24,32H,13-16H2,1-3H3/t18-,19+,24-/m1/s1. The van der Waals surface area contributed by atoms with E-state index in [1.807, 2.05) is 25.1 Å². The third kappa shape index (κ3) is 5.40.